The van der Waals surface area contributed by atoms with Crippen molar-refractivity contribution in [1.82, 2.24) is 4.57 Å². The number of aromatic nitrogens is 1. The standard InChI is InChI=1S/C17H20ClNO2/c1-3-8-19-15-6-4-11(17(20)21-2)9-13(15)14-10-12(18)5-7-16(14)19/h5,7,10-11H,3-4,6,8-9H2,1-2H3. The first-order valence-corrected chi connectivity index (χ1v) is 7.90. The molecule has 1 aromatic carbocycles. The first-order chi connectivity index (χ1) is 10.2. The van der Waals surface area contributed by atoms with Crippen LogP contribution in [-0.2, 0) is 28.9 Å². The van der Waals surface area contributed by atoms with Crippen molar-refractivity contribution in [3.05, 3.63) is 34.5 Å². The zero-order valence-electron chi connectivity index (χ0n) is 12.5. The number of hydrogen-bond donors (Lipinski definition) is 0. The van der Waals surface area contributed by atoms with Crippen LogP contribution in [0.15, 0.2) is 18.2 Å². The summed E-state index contributed by atoms with van der Waals surface area (Å²) in [7, 11) is 1.47. The molecule has 1 heterocycles. The molecule has 0 saturated heterocycles. The van der Waals surface area contributed by atoms with Crippen molar-refractivity contribution >= 4 is 28.5 Å². The quantitative estimate of drug-likeness (QED) is 0.803. The summed E-state index contributed by atoms with van der Waals surface area (Å²) in [5.41, 5.74) is 3.88. The van der Waals surface area contributed by atoms with E-state index in [1.165, 1.54) is 29.3 Å². The zero-order chi connectivity index (χ0) is 15.0. The maximum absolute atomic E-state index is 11.9. The highest BCUT2D eigenvalue weighted by Gasteiger charge is 2.29. The van der Waals surface area contributed by atoms with Crippen molar-refractivity contribution in [2.75, 3.05) is 7.11 Å². The van der Waals surface area contributed by atoms with Crippen molar-refractivity contribution in [3.63, 3.8) is 0 Å². The lowest BCUT2D eigenvalue weighted by atomic mass is 9.86. The molecule has 0 bridgehead atoms. The van der Waals surface area contributed by atoms with E-state index in [1.54, 1.807) is 0 Å². The predicted molar refractivity (Wildman–Crippen MR) is 84.8 cm³/mol. The SMILES string of the molecule is CCCn1c2c(c3cc(Cl)ccc31)CC(C(=O)OC)CC2. The van der Waals surface area contributed by atoms with Gasteiger partial charge in [0.25, 0.3) is 0 Å². The Kier molecular flexibility index (Phi) is 3.94. The Morgan fingerprint density at radius 1 is 1.48 bits per heavy atom. The van der Waals surface area contributed by atoms with Crippen LogP contribution in [0.1, 0.15) is 31.0 Å². The minimum Gasteiger partial charge on any atom is -0.469 e. The summed E-state index contributed by atoms with van der Waals surface area (Å²) >= 11 is 6.17. The van der Waals surface area contributed by atoms with Gasteiger partial charge in [0.15, 0.2) is 0 Å². The fourth-order valence-corrected chi connectivity index (χ4v) is 3.64. The molecule has 0 saturated carbocycles. The molecule has 2 aromatic rings. The fraction of sp³-hybridized carbons (Fsp3) is 0.471. The van der Waals surface area contributed by atoms with Crippen LogP contribution in [0.4, 0.5) is 0 Å². The molecule has 1 unspecified atom stereocenters. The van der Waals surface area contributed by atoms with Crippen LogP contribution >= 0.6 is 11.6 Å². The smallest absolute Gasteiger partial charge is 0.309 e. The zero-order valence-corrected chi connectivity index (χ0v) is 13.2. The number of carbonyl (C=O) groups excluding carboxylic acids is 1. The van der Waals surface area contributed by atoms with Gasteiger partial charge in [-0.25, -0.2) is 0 Å². The van der Waals surface area contributed by atoms with Crippen molar-refractivity contribution < 1.29 is 9.53 Å². The van der Waals surface area contributed by atoms with Gasteiger partial charge in [-0.1, -0.05) is 18.5 Å². The van der Waals surface area contributed by atoms with Crippen LogP contribution in [0.3, 0.4) is 0 Å². The number of benzene rings is 1. The third-order valence-electron chi connectivity index (χ3n) is 4.41. The Morgan fingerprint density at radius 2 is 2.29 bits per heavy atom. The number of ether oxygens (including phenoxy) is 1. The summed E-state index contributed by atoms with van der Waals surface area (Å²) in [6.45, 7) is 3.20. The van der Waals surface area contributed by atoms with Gasteiger partial charge in [0.2, 0.25) is 0 Å². The summed E-state index contributed by atoms with van der Waals surface area (Å²) in [6.07, 6.45) is 3.66. The summed E-state index contributed by atoms with van der Waals surface area (Å²) < 4.78 is 7.32. The van der Waals surface area contributed by atoms with Crippen molar-refractivity contribution in [1.29, 1.82) is 0 Å². The molecule has 4 heteroatoms. The number of esters is 1. The van der Waals surface area contributed by atoms with Crippen molar-refractivity contribution in [2.45, 2.75) is 39.2 Å². The number of halogens is 1. The first-order valence-electron chi connectivity index (χ1n) is 7.53. The molecular formula is C17H20ClNO2. The second-order valence-corrected chi connectivity index (χ2v) is 6.14. The highest BCUT2D eigenvalue weighted by Crippen LogP contribution is 2.36. The van der Waals surface area contributed by atoms with Gasteiger partial charge in [-0.05, 0) is 49.4 Å². The molecule has 112 valence electrons. The van der Waals surface area contributed by atoms with Crippen LogP contribution in [0.2, 0.25) is 5.02 Å². The number of methoxy groups -OCH3 is 1. The Bertz CT molecular complexity index is 690. The molecule has 0 N–H and O–H groups in total. The summed E-state index contributed by atoms with van der Waals surface area (Å²) in [6, 6.07) is 6.07. The fourth-order valence-electron chi connectivity index (χ4n) is 3.47. The average Bonchev–Trinajstić information content (AvgIpc) is 2.80. The molecule has 0 radical (unpaired) electrons. The first kappa shape index (κ1) is 14.5. The molecule has 0 spiro atoms. The Morgan fingerprint density at radius 3 is 3.00 bits per heavy atom. The van der Waals surface area contributed by atoms with E-state index in [4.69, 9.17) is 16.3 Å². The van der Waals surface area contributed by atoms with E-state index in [0.717, 1.165) is 37.3 Å². The highest BCUT2D eigenvalue weighted by atomic mass is 35.5. The van der Waals surface area contributed by atoms with Crippen molar-refractivity contribution in [2.24, 2.45) is 5.92 Å². The van der Waals surface area contributed by atoms with E-state index in [1.807, 2.05) is 12.1 Å². The third-order valence-corrected chi connectivity index (χ3v) is 4.65. The van der Waals surface area contributed by atoms with Gasteiger partial charge in [0, 0.05) is 28.2 Å². The second kappa shape index (κ2) is 5.72. The molecule has 0 fully saturated rings. The number of nitrogens with zero attached hydrogens (tertiary/aromatic N) is 1. The van der Waals surface area contributed by atoms with Gasteiger partial charge in [-0.15, -0.1) is 0 Å². The summed E-state index contributed by atoms with van der Waals surface area (Å²) in [5.74, 6) is -0.124. The van der Waals surface area contributed by atoms with E-state index in [2.05, 4.69) is 17.6 Å². The van der Waals surface area contributed by atoms with Crippen LogP contribution in [0.25, 0.3) is 10.9 Å². The predicted octanol–water partition coefficient (Wildman–Crippen LogP) is 3.98. The molecule has 3 nitrogen and oxygen atoms in total. The van der Waals surface area contributed by atoms with E-state index < -0.39 is 0 Å². The monoisotopic (exact) mass is 305 g/mol. The average molecular weight is 306 g/mol. The molecule has 0 amide bonds. The second-order valence-electron chi connectivity index (χ2n) is 5.70. The molecule has 1 aliphatic carbocycles. The van der Waals surface area contributed by atoms with Gasteiger partial charge >= 0.3 is 5.97 Å². The Balaban J connectivity index is 2.13. The van der Waals surface area contributed by atoms with E-state index in [9.17, 15) is 4.79 Å². The molecule has 21 heavy (non-hydrogen) atoms. The summed E-state index contributed by atoms with van der Waals surface area (Å²) in [4.78, 5) is 11.9. The number of fused-ring (bicyclic) bond motifs is 3. The van der Waals surface area contributed by atoms with Crippen LogP contribution < -0.4 is 0 Å². The van der Waals surface area contributed by atoms with Gasteiger partial charge in [-0.2, -0.15) is 0 Å². The van der Waals surface area contributed by atoms with Gasteiger partial charge in [0.1, 0.15) is 0 Å². The largest absolute Gasteiger partial charge is 0.469 e. The maximum Gasteiger partial charge on any atom is 0.309 e. The number of carbonyl (C=O) groups is 1. The maximum atomic E-state index is 11.9. The Labute approximate surface area is 129 Å². The van der Waals surface area contributed by atoms with E-state index in [-0.39, 0.29) is 11.9 Å². The number of hydrogen-bond acceptors (Lipinski definition) is 2. The molecule has 1 aliphatic rings. The number of rotatable bonds is 3. The molecular weight excluding hydrogens is 286 g/mol. The van der Waals surface area contributed by atoms with Gasteiger partial charge < -0.3 is 9.30 Å². The van der Waals surface area contributed by atoms with Gasteiger partial charge in [0.05, 0.1) is 13.0 Å². The lowest BCUT2D eigenvalue weighted by Gasteiger charge is -2.22. The topological polar surface area (TPSA) is 31.2 Å². The highest BCUT2D eigenvalue weighted by molar-refractivity contribution is 6.31. The lowest BCUT2D eigenvalue weighted by molar-refractivity contribution is -0.145. The normalized spacial score (nSPS) is 17.8. The molecule has 0 aliphatic heterocycles. The van der Waals surface area contributed by atoms with Gasteiger partial charge in [-0.3, -0.25) is 4.79 Å². The van der Waals surface area contributed by atoms with Crippen LogP contribution in [0.5, 0.6) is 0 Å². The lowest BCUT2D eigenvalue weighted by Crippen LogP contribution is -2.24. The van der Waals surface area contributed by atoms with E-state index in [0.29, 0.717) is 0 Å². The van der Waals surface area contributed by atoms with E-state index >= 15 is 0 Å². The molecule has 3 rings (SSSR count). The summed E-state index contributed by atoms with van der Waals surface area (Å²) in [5, 5.41) is 1.94. The Hall–Kier alpha value is -1.48. The third kappa shape index (κ3) is 2.44. The van der Waals surface area contributed by atoms with Crippen molar-refractivity contribution in [3.8, 4) is 0 Å². The minimum atomic E-state index is -0.0981. The number of aryl methyl sites for hydroxylation is 1. The molecule has 1 aromatic heterocycles. The molecule has 1 atom stereocenters. The van der Waals surface area contributed by atoms with Crippen LogP contribution in [0, 0.1) is 5.92 Å². The minimum absolute atomic E-state index is 0.0258. The van der Waals surface area contributed by atoms with Crippen LogP contribution in [-0.4, -0.2) is 17.6 Å².